The van der Waals surface area contributed by atoms with Gasteiger partial charge in [0.05, 0.1) is 20.4 Å². The Hall–Kier alpha value is -2.85. The van der Waals surface area contributed by atoms with Gasteiger partial charge in [0.15, 0.2) is 0 Å². The summed E-state index contributed by atoms with van der Waals surface area (Å²) in [6.45, 7) is 1.65. The Morgan fingerprint density at radius 1 is 0.867 bits per heavy atom. The van der Waals surface area contributed by atoms with Crippen molar-refractivity contribution in [2.24, 2.45) is 0 Å². The Labute approximate surface area is 180 Å². The first-order chi connectivity index (χ1) is 14.3. The molecule has 2 aromatic heterocycles. The predicted octanol–water partition coefficient (Wildman–Crippen LogP) is 5.38. The van der Waals surface area contributed by atoms with E-state index in [0.29, 0.717) is 26.5 Å². The molecule has 0 aliphatic carbocycles. The summed E-state index contributed by atoms with van der Waals surface area (Å²) in [6, 6.07) is 16.9. The van der Waals surface area contributed by atoms with Gasteiger partial charge >= 0.3 is 0 Å². The van der Waals surface area contributed by atoms with E-state index >= 15 is 0 Å². The number of nitrogen functional groups attached to an aromatic ring is 1. The number of aryl methyl sites for hydroxylation is 1. The smallest absolute Gasteiger partial charge is 0.296 e. The maximum atomic E-state index is 11.9. The van der Waals surface area contributed by atoms with Crippen molar-refractivity contribution >= 4 is 58.9 Å². The lowest BCUT2D eigenvalue weighted by Gasteiger charge is -2.02. The predicted molar refractivity (Wildman–Crippen MR) is 123 cm³/mol. The summed E-state index contributed by atoms with van der Waals surface area (Å²) in [6.07, 6.45) is 0. The van der Waals surface area contributed by atoms with E-state index in [1.165, 1.54) is 11.3 Å². The highest BCUT2D eigenvalue weighted by Gasteiger charge is 2.21. The number of hydrogen-bond donors (Lipinski definition) is 2. The number of aromatic nitrogens is 2. The maximum Gasteiger partial charge on any atom is 0.296 e. The van der Waals surface area contributed by atoms with Gasteiger partial charge in [0.2, 0.25) is 0 Å². The highest BCUT2D eigenvalue weighted by Crippen LogP contribution is 2.38. The molecule has 30 heavy (non-hydrogen) atoms. The van der Waals surface area contributed by atoms with E-state index in [0.717, 1.165) is 26.4 Å². The van der Waals surface area contributed by atoms with Crippen LogP contribution in [0.4, 0.5) is 5.69 Å². The fourth-order valence-corrected chi connectivity index (χ4v) is 6.58. The minimum atomic E-state index is -4.34. The Bertz CT molecular complexity index is 1530. The molecule has 0 saturated heterocycles. The van der Waals surface area contributed by atoms with Crippen molar-refractivity contribution in [3.63, 3.8) is 0 Å². The van der Waals surface area contributed by atoms with Crippen LogP contribution in [0.1, 0.15) is 5.56 Å². The van der Waals surface area contributed by atoms with Gasteiger partial charge in [0.25, 0.3) is 10.1 Å². The van der Waals surface area contributed by atoms with Crippen LogP contribution in [0.5, 0.6) is 0 Å². The van der Waals surface area contributed by atoms with Crippen LogP contribution < -0.4 is 5.73 Å². The van der Waals surface area contributed by atoms with E-state index in [1.807, 2.05) is 42.5 Å². The largest absolute Gasteiger partial charge is 0.399 e. The number of nitrogens with zero attached hydrogens (tertiary/aromatic N) is 2. The van der Waals surface area contributed by atoms with Gasteiger partial charge in [-0.15, -0.1) is 22.7 Å². The average Bonchev–Trinajstić information content (AvgIpc) is 3.30. The zero-order valence-corrected chi connectivity index (χ0v) is 18.1. The summed E-state index contributed by atoms with van der Waals surface area (Å²) in [5.41, 5.74) is 10.2. The summed E-state index contributed by atoms with van der Waals surface area (Å²) in [5.74, 6) is 0. The molecule has 3 N–H and O–H groups in total. The van der Waals surface area contributed by atoms with Crippen LogP contribution in [0.3, 0.4) is 0 Å². The summed E-state index contributed by atoms with van der Waals surface area (Å²) in [7, 11) is -4.34. The molecule has 0 aliphatic rings. The number of hydrogen-bond acceptors (Lipinski definition) is 7. The molecular weight excluding hydrogens is 438 g/mol. The van der Waals surface area contributed by atoms with E-state index in [-0.39, 0.29) is 4.90 Å². The van der Waals surface area contributed by atoms with E-state index < -0.39 is 10.1 Å². The van der Waals surface area contributed by atoms with Gasteiger partial charge in [0, 0.05) is 16.8 Å². The standard InChI is InChI=1S/C21H15N3O3S3/c1-11-2-8-15-18(19(11)30(25,26)27)29-21(23-15)13-5-9-17-16(10-13)24-20(28-17)12-3-6-14(22)7-4-12/h2-10H,22H2,1H3,(H,25,26,27). The summed E-state index contributed by atoms with van der Waals surface area (Å²) >= 11 is 2.83. The molecule has 2 heterocycles. The van der Waals surface area contributed by atoms with Crippen molar-refractivity contribution < 1.29 is 13.0 Å². The van der Waals surface area contributed by atoms with Gasteiger partial charge in [-0.1, -0.05) is 12.1 Å². The van der Waals surface area contributed by atoms with E-state index in [2.05, 4.69) is 4.98 Å². The first-order valence-electron chi connectivity index (χ1n) is 8.94. The van der Waals surface area contributed by atoms with Crippen molar-refractivity contribution in [2.75, 3.05) is 5.73 Å². The second-order valence-electron chi connectivity index (χ2n) is 6.88. The Morgan fingerprint density at radius 3 is 2.27 bits per heavy atom. The molecule has 5 aromatic rings. The molecule has 6 nitrogen and oxygen atoms in total. The molecule has 0 aliphatic heterocycles. The molecule has 0 unspecified atom stereocenters. The fraction of sp³-hybridized carbons (Fsp3) is 0.0476. The third kappa shape index (κ3) is 3.25. The lowest BCUT2D eigenvalue weighted by Crippen LogP contribution is -2.00. The number of benzene rings is 3. The molecule has 3 aromatic carbocycles. The Morgan fingerprint density at radius 2 is 1.53 bits per heavy atom. The van der Waals surface area contributed by atoms with Crippen molar-refractivity contribution in [1.29, 1.82) is 0 Å². The van der Waals surface area contributed by atoms with Crippen LogP contribution in [-0.2, 0) is 10.1 Å². The molecule has 0 amide bonds. The van der Waals surface area contributed by atoms with Crippen LogP contribution in [0.2, 0.25) is 0 Å². The molecule has 9 heteroatoms. The van der Waals surface area contributed by atoms with Gasteiger partial charge in [-0.2, -0.15) is 8.42 Å². The summed E-state index contributed by atoms with van der Waals surface area (Å²) < 4.78 is 34.9. The minimum absolute atomic E-state index is 0.0795. The van der Waals surface area contributed by atoms with Gasteiger partial charge < -0.3 is 5.73 Å². The van der Waals surface area contributed by atoms with Crippen molar-refractivity contribution in [2.45, 2.75) is 11.8 Å². The summed E-state index contributed by atoms with van der Waals surface area (Å²) in [4.78, 5) is 9.25. The molecule has 150 valence electrons. The van der Waals surface area contributed by atoms with Crippen LogP contribution in [-0.4, -0.2) is 22.9 Å². The lowest BCUT2D eigenvalue weighted by molar-refractivity contribution is 0.484. The second-order valence-corrected chi connectivity index (χ2v) is 10.3. The monoisotopic (exact) mass is 453 g/mol. The first kappa shape index (κ1) is 19.1. The van der Waals surface area contributed by atoms with E-state index in [4.69, 9.17) is 10.7 Å². The van der Waals surface area contributed by atoms with Crippen LogP contribution in [0, 0.1) is 6.92 Å². The van der Waals surface area contributed by atoms with Crippen LogP contribution >= 0.6 is 22.7 Å². The van der Waals surface area contributed by atoms with Crippen molar-refractivity contribution in [3.05, 3.63) is 60.2 Å². The zero-order valence-electron chi connectivity index (χ0n) is 15.7. The molecule has 0 atom stereocenters. The summed E-state index contributed by atoms with van der Waals surface area (Å²) in [5, 5.41) is 1.57. The normalized spacial score (nSPS) is 12.1. The third-order valence-electron chi connectivity index (χ3n) is 4.76. The molecule has 0 fully saturated rings. The molecule has 0 spiro atoms. The first-order valence-corrected chi connectivity index (χ1v) is 12.0. The second kappa shape index (κ2) is 6.85. The molecular formula is C21H15N3O3S3. The minimum Gasteiger partial charge on any atom is -0.399 e. The highest BCUT2D eigenvalue weighted by molar-refractivity contribution is 7.86. The maximum absolute atomic E-state index is 11.9. The van der Waals surface area contributed by atoms with Crippen LogP contribution in [0.25, 0.3) is 41.6 Å². The van der Waals surface area contributed by atoms with Crippen molar-refractivity contribution in [1.82, 2.24) is 9.97 Å². The van der Waals surface area contributed by atoms with Gasteiger partial charge in [-0.3, -0.25) is 4.55 Å². The quantitative estimate of drug-likeness (QED) is 0.281. The molecule has 0 bridgehead atoms. The van der Waals surface area contributed by atoms with Gasteiger partial charge in [0.1, 0.15) is 14.9 Å². The van der Waals surface area contributed by atoms with Gasteiger partial charge in [-0.05, 0) is 55.0 Å². The SMILES string of the molecule is Cc1ccc2nc(-c3ccc4sc(-c5ccc(N)cc5)nc4c3)sc2c1S(=O)(=O)O. The molecule has 0 radical (unpaired) electrons. The van der Waals surface area contributed by atoms with Crippen LogP contribution in [0.15, 0.2) is 59.5 Å². The average molecular weight is 454 g/mol. The van der Waals surface area contributed by atoms with Gasteiger partial charge in [-0.25, -0.2) is 9.97 Å². The lowest BCUT2D eigenvalue weighted by atomic mass is 10.2. The third-order valence-corrected chi connectivity index (χ3v) is 8.15. The number of thiazole rings is 2. The molecule has 5 rings (SSSR count). The number of rotatable bonds is 3. The Balaban J connectivity index is 1.63. The molecule has 0 saturated carbocycles. The Kier molecular flexibility index (Phi) is 4.37. The number of anilines is 1. The highest BCUT2D eigenvalue weighted by atomic mass is 32.2. The zero-order chi connectivity index (χ0) is 21.0. The number of nitrogens with two attached hydrogens (primary N) is 1. The topological polar surface area (TPSA) is 106 Å². The van der Waals surface area contributed by atoms with Crippen molar-refractivity contribution in [3.8, 4) is 21.1 Å². The van der Waals surface area contributed by atoms with E-state index in [1.54, 1.807) is 30.4 Å². The fourth-order valence-electron chi connectivity index (χ4n) is 3.32. The van der Waals surface area contributed by atoms with E-state index in [9.17, 15) is 13.0 Å². The number of fused-ring (bicyclic) bond motifs is 2.